The molecule has 1 N–H and O–H groups in total. The highest BCUT2D eigenvalue weighted by molar-refractivity contribution is 7.13. The Balaban J connectivity index is 2.12. The van der Waals surface area contributed by atoms with Crippen LogP contribution in [0.3, 0.4) is 0 Å². The van der Waals surface area contributed by atoms with E-state index in [1.54, 1.807) is 29.8 Å². The first-order valence-electron chi connectivity index (χ1n) is 5.23. The molecule has 0 bridgehead atoms. The molecule has 6 heteroatoms. The monoisotopic (exact) mass is 300 g/mol. The van der Waals surface area contributed by atoms with Gasteiger partial charge in [0.1, 0.15) is 0 Å². The molecule has 0 spiro atoms. The minimum atomic E-state index is -0.316. The second-order valence-corrected chi connectivity index (χ2v) is 5.43. The average Bonchev–Trinajstić information content (AvgIpc) is 2.84. The third kappa shape index (κ3) is 3.02. The Morgan fingerprint density at radius 2 is 2.17 bits per heavy atom. The standard InChI is InChI=1S/C12H10Cl2N2OS/c1-7(8-2-3-9(13)10(14)6-8)11(17)16-12-15-4-5-18-12/h2-7H,1H3,(H,15,16,17). The Morgan fingerprint density at radius 3 is 2.78 bits per heavy atom. The Morgan fingerprint density at radius 1 is 1.39 bits per heavy atom. The summed E-state index contributed by atoms with van der Waals surface area (Å²) in [5, 5.41) is 6.07. The van der Waals surface area contributed by atoms with E-state index in [-0.39, 0.29) is 11.8 Å². The lowest BCUT2D eigenvalue weighted by molar-refractivity contribution is -0.117. The lowest BCUT2D eigenvalue weighted by atomic mass is 10.0. The third-order valence-corrected chi connectivity index (χ3v) is 3.93. The normalized spacial score (nSPS) is 12.2. The highest BCUT2D eigenvalue weighted by Crippen LogP contribution is 2.27. The number of anilines is 1. The number of nitrogens with one attached hydrogen (secondary N) is 1. The van der Waals surface area contributed by atoms with Gasteiger partial charge < -0.3 is 5.32 Å². The van der Waals surface area contributed by atoms with E-state index in [2.05, 4.69) is 10.3 Å². The fourth-order valence-electron chi connectivity index (χ4n) is 1.43. The van der Waals surface area contributed by atoms with Crippen molar-refractivity contribution in [3.8, 4) is 0 Å². The summed E-state index contributed by atoms with van der Waals surface area (Å²) < 4.78 is 0. The molecule has 18 heavy (non-hydrogen) atoms. The third-order valence-electron chi connectivity index (χ3n) is 2.50. The fourth-order valence-corrected chi connectivity index (χ4v) is 2.27. The van der Waals surface area contributed by atoms with Crippen molar-refractivity contribution in [3.05, 3.63) is 45.4 Å². The molecule has 1 unspecified atom stereocenters. The van der Waals surface area contributed by atoms with Crippen LogP contribution < -0.4 is 5.32 Å². The van der Waals surface area contributed by atoms with E-state index in [1.165, 1.54) is 11.3 Å². The lowest BCUT2D eigenvalue weighted by Crippen LogP contribution is -2.18. The van der Waals surface area contributed by atoms with Crippen molar-refractivity contribution in [2.45, 2.75) is 12.8 Å². The summed E-state index contributed by atoms with van der Waals surface area (Å²) in [5.74, 6) is -0.438. The van der Waals surface area contributed by atoms with Crippen LogP contribution in [0.15, 0.2) is 29.8 Å². The molecule has 1 heterocycles. The quantitative estimate of drug-likeness (QED) is 0.923. The van der Waals surface area contributed by atoms with Crippen LogP contribution in [0.2, 0.25) is 10.0 Å². The van der Waals surface area contributed by atoms with Gasteiger partial charge in [-0.25, -0.2) is 4.98 Å². The number of carbonyl (C=O) groups is 1. The van der Waals surface area contributed by atoms with Crippen LogP contribution in [0.5, 0.6) is 0 Å². The molecule has 2 rings (SSSR count). The maximum absolute atomic E-state index is 12.0. The van der Waals surface area contributed by atoms with Gasteiger partial charge in [0.15, 0.2) is 5.13 Å². The number of hydrogen-bond acceptors (Lipinski definition) is 3. The molecule has 1 aromatic carbocycles. The van der Waals surface area contributed by atoms with Gasteiger partial charge in [-0.2, -0.15) is 0 Å². The summed E-state index contributed by atoms with van der Waals surface area (Å²) in [6.07, 6.45) is 1.64. The minimum Gasteiger partial charge on any atom is -0.301 e. The number of hydrogen-bond donors (Lipinski definition) is 1. The first kappa shape index (κ1) is 13.3. The molecule has 0 saturated heterocycles. The first-order valence-corrected chi connectivity index (χ1v) is 6.87. The molecule has 2 aromatic rings. The molecule has 0 aliphatic rings. The van der Waals surface area contributed by atoms with Crippen molar-refractivity contribution >= 4 is 45.6 Å². The number of aromatic nitrogens is 1. The maximum Gasteiger partial charge on any atom is 0.233 e. The van der Waals surface area contributed by atoms with Crippen molar-refractivity contribution in [2.24, 2.45) is 0 Å². The van der Waals surface area contributed by atoms with Gasteiger partial charge in [0.25, 0.3) is 0 Å². The molecule has 94 valence electrons. The lowest BCUT2D eigenvalue weighted by Gasteiger charge is -2.11. The highest BCUT2D eigenvalue weighted by Gasteiger charge is 2.17. The second-order valence-electron chi connectivity index (χ2n) is 3.72. The predicted molar refractivity (Wildman–Crippen MR) is 75.6 cm³/mol. The Hall–Kier alpha value is -1.10. The molecule has 1 atom stereocenters. The largest absolute Gasteiger partial charge is 0.301 e. The number of nitrogens with zero attached hydrogens (tertiary/aromatic N) is 1. The topological polar surface area (TPSA) is 42.0 Å². The SMILES string of the molecule is CC(C(=O)Nc1nccs1)c1ccc(Cl)c(Cl)c1. The van der Waals surface area contributed by atoms with Crippen molar-refractivity contribution in [1.82, 2.24) is 4.98 Å². The molecule has 0 aliphatic heterocycles. The van der Waals surface area contributed by atoms with Crippen LogP contribution in [-0.4, -0.2) is 10.9 Å². The molecule has 0 fully saturated rings. The van der Waals surface area contributed by atoms with E-state index in [0.29, 0.717) is 15.2 Å². The molecule has 1 amide bonds. The number of carbonyl (C=O) groups excluding carboxylic acids is 1. The highest BCUT2D eigenvalue weighted by atomic mass is 35.5. The Labute approximate surface area is 119 Å². The van der Waals surface area contributed by atoms with E-state index in [1.807, 2.05) is 6.92 Å². The van der Waals surface area contributed by atoms with E-state index >= 15 is 0 Å². The average molecular weight is 301 g/mol. The van der Waals surface area contributed by atoms with Gasteiger partial charge in [-0.15, -0.1) is 11.3 Å². The zero-order valence-corrected chi connectivity index (χ0v) is 11.8. The summed E-state index contributed by atoms with van der Waals surface area (Å²) in [6.45, 7) is 1.81. The zero-order valence-electron chi connectivity index (χ0n) is 9.48. The van der Waals surface area contributed by atoms with Crippen LogP contribution in [-0.2, 0) is 4.79 Å². The summed E-state index contributed by atoms with van der Waals surface area (Å²) in [5.41, 5.74) is 0.818. The fraction of sp³-hybridized carbons (Fsp3) is 0.167. The molecule has 0 saturated carbocycles. The van der Waals surface area contributed by atoms with Gasteiger partial charge in [-0.1, -0.05) is 29.3 Å². The number of amides is 1. The molecule has 3 nitrogen and oxygen atoms in total. The van der Waals surface area contributed by atoms with E-state index in [9.17, 15) is 4.79 Å². The predicted octanol–water partition coefficient (Wildman–Crippen LogP) is 4.19. The Kier molecular flexibility index (Phi) is 4.22. The van der Waals surface area contributed by atoms with Crippen LogP contribution in [0.25, 0.3) is 0 Å². The second kappa shape index (κ2) is 5.69. The smallest absolute Gasteiger partial charge is 0.233 e. The summed E-state index contributed by atoms with van der Waals surface area (Å²) in [7, 11) is 0. The summed E-state index contributed by atoms with van der Waals surface area (Å²) >= 11 is 13.1. The maximum atomic E-state index is 12.0. The zero-order chi connectivity index (χ0) is 13.1. The number of thiazole rings is 1. The summed E-state index contributed by atoms with van der Waals surface area (Å²) in [4.78, 5) is 16.0. The molecule has 0 aliphatic carbocycles. The number of rotatable bonds is 3. The van der Waals surface area contributed by atoms with Crippen molar-refractivity contribution in [1.29, 1.82) is 0 Å². The van der Waals surface area contributed by atoms with Crippen LogP contribution in [0, 0.1) is 0 Å². The summed E-state index contributed by atoms with van der Waals surface area (Å²) in [6, 6.07) is 5.18. The van der Waals surface area contributed by atoms with Gasteiger partial charge in [-0.3, -0.25) is 4.79 Å². The molecule has 0 radical (unpaired) electrons. The first-order chi connectivity index (χ1) is 8.58. The van der Waals surface area contributed by atoms with E-state index in [0.717, 1.165) is 5.56 Å². The molecular weight excluding hydrogens is 291 g/mol. The Bertz CT molecular complexity index is 557. The van der Waals surface area contributed by atoms with Crippen LogP contribution in [0.4, 0.5) is 5.13 Å². The van der Waals surface area contributed by atoms with E-state index < -0.39 is 0 Å². The minimum absolute atomic E-state index is 0.122. The van der Waals surface area contributed by atoms with Gasteiger partial charge in [0, 0.05) is 11.6 Å². The van der Waals surface area contributed by atoms with Crippen molar-refractivity contribution in [3.63, 3.8) is 0 Å². The number of halogens is 2. The van der Waals surface area contributed by atoms with Crippen molar-refractivity contribution < 1.29 is 4.79 Å². The van der Waals surface area contributed by atoms with Gasteiger partial charge >= 0.3 is 0 Å². The van der Waals surface area contributed by atoms with Gasteiger partial charge in [-0.05, 0) is 24.6 Å². The van der Waals surface area contributed by atoms with E-state index in [4.69, 9.17) is 23.2 Å². The number of benzene rings is 1. The van der Waals surface area contributed by atoms with Crippen molar-refractivity contribution in [2.75, 3.05) is 5.32 Å². The van der Waals surface area contributed by atoms with Gasteiger partial charge in [0.2, 0.25) is 5.91 Å². The molecular formula is C12H10Cl2N2OS. The molecule has 1 aromatic heterocycles. The van der Waals surface area contributed by atoms with Crippen LogP contribution in [0.1, 0.15) is 18.4 Å². The van der Waals surface area contributed by atoms with Gasteiger partial charge in [0.05, 0.1) is 16.0 Å². The van der Waals surface area contributed by atoms with Crippen LogP contribution >= 0.6 is 34.5 Å².